The summed E-state index contributed by atoms with van der Waals surface area (Å²) in [5.41, 5.74) is 1.90. The molecule has 0 aliphatic rings. The van der Waals surface area contributed by atoms with E-state index in [0.717, 1.165) is 16.9 Å². The highest BCUT2D eigenvalue weighted by atomic mass is 16.5. The van der Waals surface area contributed by atoms with Gasteiger partial charge in [0.25, 0.3) is 0 Å². The van der Waals surface area contributed by atoms with Gasteiger partial charge in [0.2, 0.25) is 0 Å². The Hall–Kier alpha value is -1.10. The minimum Gasteiger partial charge on any atom is -0.491 e. The fourth-order valence-electron chi connectivity index (χ4n) is 1.72. The summed E-state index contributed by atoms with van der Waals surface area (Å²) in [6.45, 7) is 8.44. The third-order valence-electron chi connectivity index (χ3n) is 2.85. The maximum absolute atomic E-state index is 9.84. The number of aliphatic hydroxyl groups excluding tert-OH is 2. The summed E-state index contributed by atoms with van der Waals surface area (Å²) in [5, 5.41) is 22.0. The van der Waals surface area contributed by atoms with Crippen LogP contribution in [0.4, 0.5) is 0 Å². The first-order valence-electron chi connectivity index (χ1n) is 6.57. The molecule has 1 aromatic rings. The molecular formula is C15H25NO3. The minimum atomic E-state index is -0.605. The number of nitrogens with one attached hydrogen (secondary N) is 1. The Bertz CT molecular complexity index is 384. The van der Waals surface area contributed by atoms with E-state index in [4.69, 9.17) is 9.84 Å². The highest BCUT2D eigenvalue weighted by Gasteiger charge is 2.17. The molecule has 0 saturated carbocycles. The van der Waals surface area contributed by atoms with Gasteiger partial charge in [-0.05, 0) is 51.0 Å². The molecule has 0 bridgehead atoms. The van der Waals surface area contributed by atoms with Crippen molar-refractivity contribution >= 4 is 0 Å². The highest BCUT2D eigenvalue weighted by molar-refractivity contribution is 5.32. The summed E-state index contributed by atoms with van der Waals surface area (Å²) in [4.78, 5) is 0. The molecule has 0 aromatic heterocycles. The van der Waals surface area contributed by atoms with Crippen molar-refractivity contribution in [2.24, 2.45) is 0 Å². The van der Waals surface area contributed by atoms with E-state index in [1.807, 2.05) is 39.8 Å². The van der Waals surface area contributed by atoms with Gasteiger partial charge in [-0.1, -0.05) is 6.07 Å². The second kappa shape index (κ2) is 6.89. The zero-order chi connectivity index (χ0) is 14.5. The molecule has 0 radical (unpaired) electrons. The van der Waals surface area contributed by atoms with E-state index >= 15 is 0 Å². The number of aliphatic hydroxyl groups is 2. The van der Waals surface area contributed by atoms with Gasteiger partial charge >= 0.3 is 0 Å². The van der Waals surface area contributed by atoms with Crippen LogP contribution in [0.3, 0.4) is 0 Å². The van der Waals surface area contributed by atoms with Crippen LogP contribution in [0, 0.1) is 13.8 Å². The third-order valence-corrected chi connectivity index (χ3v) is 2.85. The van der Waals surface area contributed by atoms with Gasteiger partial charge in [0.05, 0.1) is 6.61 Å². The van der Waals surface area contributed by atoms with Gasteiger partial charge < -0.3 is 20.3 Å². The minimum absolute atomic E-state index is 0.0254. The van der Waals surface area contributed by atoms with E-state index < -0.39 is 6.10 Å². The van der Waals surface area contributed by atoms with Gasteiger partial charge in [0.1, 0.15) is 18.5 Å². The SMILES string of the molecule is Cc1cc(C)cc(OCC(O)CNC(C)(C)CO)c1. The number of hydrogen-bond donors (Lipinski definition) is 3. The summed E-state index contributed by atoms with van der Waals surface area (Å²) in [6.07, 6.45) is -0.605. The van der Waals surface area contributed by atoms with Crippen molar-refractivity contribution in [3.63, 3.8) is 0 Å². The van der Waals surface area contributed by atoms with Crippen LogP contribution in [-0.4, -0.2) is 41.6 Å². The number of benzene rings is 1. The normalized spacial score (nSPS) is 13.4. The summed E-state index contributed by atoms with van der Waals surface area (Å²) in [5.74, 6) is 0.776. The topological polar surface area (TPSA) is 61.7 Å². The van der Waals surface area contributed by atoms with Crippen molar-refractivity contribution < 1.29 is 14.9 Å². The highest BCUT2D eigenvalue weighted by Crippen LogP contribution is 2.16. The molecule has 0 saturated heterocycles. The first-order valence-corrected chi connectivity index (χ1v) is 6.57. The van der Waals surface area contributed by atoms with Crippen LogP contribution in [0.2, 0.25) is 0 Å². The lowest BCUT2D eigenvalue weighted by Crippen LogP contribution is -2.47. The lowest BCUT2D eigenvalue weighted by atomic mass is 10.1. The molecular weight excluding hydrogens is 242 g/mol. The standard InChI is InChI=1S/C15H25NO3/c1-11-5-12(2)7-14(6-11)19-9-13(18)8-16-15(3,4)10-17/h5-7,13,16-18H,8-10H2,1-4H3. The van der Waals surface area contributed by atoms with Crippen molar-refractivity contribution in [1.29, 1.82) is 0 Å². The number of rotatable bonds is 7. The zero-order valence-electron chi connectivity index (χ0n) is 12.2. The van der Waals surface area contributed by atoms with Crippen LogP contribution in [0.15, 0.2) is 18.2 Å². The molecule has 0 fully saturated rings. The number of β-amino-alcohol motifs (C(OH)–C–C–N with tert-alkyl or cyclic N) is 1. The molecule has 1 atom stereocenters. The van der Waals surface area contributed by atoms with Crippen molar-refractivity contribution in [3.05, 3.63) is 29.3 Å². The zero-order valence-corrected chi connectivity index (χ0v) is 12.2. The van der Waals surface area contributed by atoms with Gasteiger partial charge in [-0.25, -0.2) is 0 Å². The average Bonchev–Trinajstić information content (AvgIpc) is 2.33. The molecule has 0 aliphatic carbocycles. The van der Waals surface area contributed by atoms with Gasteiger partial charge in [-0.15, -0.1) is 0 Å². The Morgan fingerprint density at radius 2 is 1.79 bits per heavy atom. The summed E-state index contributed by atoms with van der Waals surface area (Å²) < 4.78 is 5.58. The van der Waals surface area contributed by atoms with Crippen molar-refractivity contribution in [2.75, 3.05) is 19.8 Å². The second-order valence-corrected chi connectivity index (χ2v) is 5.71. The molecule has 4 nitrogen and oxygen atoms in total. The van der Waals surface area contributed by atoms with Gasteiger partial charge in [-0.3, -0.25) is 0 Å². The first kappa shape index (κ1) is 16.0. The summed E-state index contributed by atoms with van der Waals surface area (Å²) in [7, 11) is 0. The van der Waals surface area contributed by atoms with Crippen LogP contribution in [0.5, 0.6) is 5.75 Å². The molecule has 0 amide bonds. The third kappa shape index (κ3) is 6.05. The van der Waals surface area contributed by atoms with E-state index in [2.05, 4.69) is 11.4 Å². The Labute approximate surface area is 115 Å². The molecule has 3 N–H and O–H groups in total. The largest absolute Gasteiger partial charge is 0.491 e. The molecule has 0 heterocycles. The maximum atomic E-state index is 9.84. The molecule has 0 spiro atoms. The predicted octanol–water partition coefficient (Wildman–Crippen LogP) is 1.40. The monoisotopic (exact) mass is 267 g/mol. The van der Waals surface area contributed by atoms with Crippen LogP contribution in [-0.2, 0) is 0 Å². The Morgan fingerprint density at radius 1 is 1.21 bits per heavy atom. The first-order chi connectivity index (χ1) is 8.82. The molecule has 108 valence electrons. The number of aryl methyl sites for hydroxylation is 2. The van der Waals surface area contributed by atoms with E-state index in [0.29, 0.717) is 6.54 Å². The summed E-state index contributed by atoms with van der Waals surface area (Å²) >= 11 is 0. The predicted molar refractivity (Wildman–Crippen MR) is 76.6 cm³/mol. The lowest BCUT2D eigenvalue weighted by molar-refractivity contribution is 0.0906. The lowest BCUT2D eigenvalue weighted by Gasteiger charge is -2.25. The van der Waals surface area contributed by atoms with Gasteiger partial charge in [-0.2, -0.15) is 0 Å². The van der Waals surface area contributed by atoms with E-state index in [1.165, 1.54) is 0 Å². The fraction of sp³-hybridized carbons (Fsp3) is 0.600. The molecule has 0 aliphatic heterocycles. The van der Waals surface area contributed by atoms with Crippen molar-refractivity contribution in [2.45, 2.75) is 39.3 Å². The van der Waals surface area contributed by atoms with Crippen LogP contribution in [0.1, 0.15) is 25.0 Å². The molecule has 19 heavy (non-hydrogen) atoms. The van der Waals surface area contributed by atoms with Crippen LogP contribution < -0.4 is 10.1 Å². The average molecular weight is 267 g/mol. The van der Waals surface area contributed by atoms with E-state index in [1.54, 1.807) is 0 Å². The Kier molecular flexibility index (Phi) is 5.79. The number of hydrogen-bond acceptors (Lipinski definition) is 4. The molecule has 1 unspecified atom stereocenters. The smallest absolute Gasteiger partial charge is 0.119 e. The second-order valence-electron chi connectivity index (χ2n) is 5.71. The van der Waals surface area contributed by atoms with Crippen molar-refractivity contribution in [1.82, 2.24) is 5.32 Å². The maximum Gasteiger partial charge on any atom is 0.119 e. The molecule has 4 heteroatoms. The quantitative estimate of drug-likeness (QED) is 0.699. The Balaban J connectivity index is 2.39. The van der Waals surface area contributed by atoms with Crippen LogP contribution in [0.25, 0.3) is 0 Å². The van der Waals surface area contributed by atoms with E-state index in [-0.39, 0.29) is 18.8 Å². The van der Waals surface area contributed by atoms with Crippen LogP contribution >= 0.6 is 0 Å². The van der Waals surface area contributed by atoms with E-state index in [9.17, 15) is 5.11 Å². The fourth-order valence-corrected chi connectivity index (χ4v) is 1.72. The summed E-state index contributed by atoms with van der Waals surface area (Å²) in [6, 6.07) is 5.98. The number of ether oxygens (including phenoxy) is 1. The Morgan fingerprint density at radius 3 is 2.32 bits per heavy atom. The van der Waals surface area contributed by atoms with Crippen molar-refractivity contribution in [3.8, 4) is 5.75 Å². The molecule has 1 rings (SSSR count). The van der Waals surface area contributed by atoms with Gasteiger partial charge in [0.15, 0.2) is 0 Å². The van der Waals surface area contributed by atoms with Gasteiger partial charge in [0, 0.05) is 12.1 Å². The molecule has 1 aromatic carbocycles.